The maximum absolute atomic E-state index is 12.8. The van der Waals surface area contributed by atoms with Crippen molar-refractivity contribution >= 4 is 28.2 Å². The maximum atomic E-state index is 12.8. The van der Waals surface area contributed by atoms with Crippen molar-refractivity contribution in [1.82, 2.24) is 0 Å². The van der Waals surface area contributed by atoms with Crippen molar-refractivity contribution in [1.29, 1.82) is 0 Å². The molecule has 0 saturated heterocycles. The highest BCUT2D eigenvalue weighted by Crippen LogP contribution is 2.41. The van der Waals surface area contributed by atoms with Gasteiger partial charge in [-0.3, -0.25) is 4.79 Å². The van der Waals surface area contributed by atoms with Gasteiger partial charge in [0.25, 0.3) is 5.91 Å². The summed E-state index contributed by atoms with van der Waals surface area (Å²) < 4.78 is 10.7. The molecule has 1 aromatic heterocycles. The van der Waals surface area contributed by atoms with Crippen LogP contribution in [0.4, 0.5) is 5.00 Å². The van der Waals surface area contributed by atoms with Crippen LogP contribution in [0.1, 0.15) is 64.8 Å². The van der Waals surface area contributed by atoms with Crippen molar-refractivity contribution in [3.05, 3.63) is 45.8 Å². The minimum Gasteiger partial charge on any atom is -0.494 e. The van der Waals surface area contributed by atoms with Gasteiger partial charge < -0.3 is 14.8 Å². The monoisotopic (exact) mass is 401 g/mol. The van der Waals surface area contributed by atoms with Crippen LogP contribution in [0.5, 0.6) is 5.75 Å². The largest absolute Gasteiger partial charge is 0.494 e. The first-order valence-corrected chi connectivity index (χ1v) is 10.7. The lowest BCUT2D eigenvalue weighted by Gasteiger charge is -2.20. The van der Waals surface area contributed by atoms with Crippen molar-refractivity contribution in [3.8, 4) is 5.75 Å². The topological polar surface area (TPSA) is 64.6 Å². The number of fused-ring (bicyclic) bond motifs is 1. The van der Waals surface area contributed by atoms with Gasteiger partial charge in [-0.15, -0.1) is 11.3 Å². The van der Waals surface area contributed by atoms with Gasteiger partial charge in [-0.2, -0.15) is 0 Å². The summed E-state index contributed by atoms with van der Waals surface area (Å²) in [6, 6.07) is 7.00. The zero-order chi connectivity index (χ0) is 20.1. The van der Waals surface area contributed by atoms with Gasteiger partial charge in [-0.05, 0) is 68.9 Å². The predicted octanol–water partition coefficient (Wildman–Crippen LogP) is 5.09. The Balaban J connectivity index is 1.86. The third-order valence-electron chi connectivity index (χ3n) is 5.08. The Labute approximate surface area is 170 Å². The molecule has 5 nitrogen and oxygen atoms in total. The smallest absolute Gasteiger partial charge is 0.341 e. The first-order chi connectivity index (χ1) is 13.6. The second kappa shape index (κ2) is 9.24. The normalized spacial score (nSPS) is 15.6. The molecule has 0 aliphatic heterocycles. The molecule has 1 N–H and O–H groups in total. The molecule has 2 aromatic rings. The van der Waals surface area contributed by atoms with Gasteiger partial charge in [-0.1, -0.05) is 13.3 Å². The molecule has 0 bridgehead atoms. The standard InChI is InChI=1S/C22H27NO4S/c1-4-14-7-12-17-18(13-14)28-21(19(17)22(25)27-6-3)23-20(24)15-8-10-16(11-9-15)26-5-2/h8-11,14H,4-7,12-13H2,1-3H3,(H,23,24). The molecule has 1 heterocycles. The quantitative estimate of drug-likeness (QED) is 0.656. The van der Waals surface area contributed by atoms with Gasteiger partial charge in [-0.25, -0.2) is 4.79 Å². The van der Waals surface area contributed by atoms with Crippen molar-refractivity contribution in [3.63, 3.8) is 0 Å². The molecule has 1 aromatic carbocycles. The molecular weight excluding hydrogens is 374 g/mol. The number of ether oxygens (including phenoxy) is 2. The molecule has 1 amide bonds. The third-order valence-corrected chi connectivity index (χ3v) is 6.25. The van der Waals surface area contributed by atoms with Crippen LogP contribution in [0.15, 0.2) is 24.3 Å². The van der Waals surface area contributed by atoms with E-state index >= 15 is 0 Å². The van der Waals surface area contributed by atoms with Crippen LogP contribution in [0.25, 0.3) is 0 Å². The lowest BCUT2D eigenvalue weighted by molar-refractivity contribution is 0.0526. The molecule has 28 heavy (non-hydrogen) atoms. The van der Waals surface area contributed by atoms with Crippen LogP contribution < -0.4 is 10.1 Å². The summed E-state index contributed by atoms with van der Waals surface area (Å²) >= 11 is 1.51. The second-order valence-electron chi connectivity index (χ2n) is 6.86. The number of hydrogen-bond acceptors (Lipinski definition) is 5. The van der Waals surface area contributed by atoms with Gasteiger partial charge in [0.2, 0.25) is 0 Å². The highest BCUT2D eigenvalue weighted by molar-refractivity contribution is 7.17. The third kappa shape index (κ3) is 4.38. The van der Waals surface area contributed by atoms with E-state index in [1.807, 2.05) is 6.92 Å². The van der Waals surface area contributed by atoms with Gasteiger partial charge in [0, 0.05) is 10.4 Å². The summed E-state index contributed by atoms with van der Waals surface area (Å²) in [5.74, 6) is 0.774. The lowest BCUT2D eigenvalue weighted by atomic mass is 9.85. The highest BCUT2D eigenvalue weighted by atomic mass is 32.1. The molecule has 0 fully saturated rings. The summed E-state index contributed by atoms with van der Waals surface area (Å²) in [7, 11) is 0. The first-order valence-electron chi connectivity index (χ1n) is 9.93. The zero-order valence-corrected chi connectivity index (χ0v) is 17.5. The van der Waals surface area contributed by atoms with E-state index in [0.717, 1.165) is 37.0 Å². The molecular formula is C22H27NO4S. The van der Waals surface area contributed by atoms with Gasteiger partial charge >= 0.3 is 5.97 Å². The molecule has 6 heteroatoms. The summed E-state index contributed by atoms with van der Waals surface area (Å²) in [5, 5.41) is 3.54. The average Bonchev–Trinajstić information content (AvgIpc) is 3.05. The van der Waals surface area contributed by atoms with Gasteiger partial charge in [0.15, 0.2) is 0 Å². The number of hydrogen-bond donors (Lipinski definition) is 1. The molecule has 150 valence electrons. The molecule has 1 unspecified atom stereocenters. The van der Waals surface area contributed by atoms with E-state index in [1.165, 1.54) is 16.2 Å². The first kappa shape index (κ1) is 20.4. The van der Waals surface area contributed by atoms with Gasteiger partial charge in [0.1, 0.15) is 10.8 Å². The molecule has 1 aliphatic carbocycles. The number of esters is 1. The second-order valence-corrected chi connectivity index (χ2v) is 7.96. The van der Waals surface area contributed by atoms with E-state index < -0.39 is 0 Å². The number of carbonyl (C=O) groups excluding carboxylic acids is 2. The van der Waals surface area contributed by atoms with Crippen LogP contribution in [0, 0.1) is 5.92 Å². The van der Waals surface area contributed by atoms with Crippen LogP contribution in [-0.2, 0) is 17.6 Å². The Hall–Kier alpha value is -2.34. The van der Waals surface area contributed by atoms with E-state index in [2.05, 4.69) is 12.2 Å². The number of thiophene rings is 1. The number of carbonyl (C=O) groups is 2. The Kier molecular flexibility index (Phi) is 6.73. The SMILES string of the molecule is CCOC(=O)c1c(NC(=O)c2ccc(OCC)cc2)sc2c1CCC(CC)C2. The molecule has 1 atom stereocenters. The van der Waals surface area contributed by atoms with E-state index in [0.29, 0.717) is 35.3 Å². The number of anilines is 1. The average molecular weight is 402 g/mol. The van der Waals surface area contributed by atoms with Crippen LogP contribution in [0.2, 0.25) is 0 Å². The summed E-state index contributed by atoms with van der Waals surface area (Å²) in [6.07, 6.45) is 4.01. The maximum Gasteiger partial charge on any atom is 0.341 e. The number of rotatable bonds is 7. The Morgan fingerprint density at radius 3 is 2.54 bits per heavy atom. The molecule has 0 spiro atoms. The van der Waals surface area contributed by atoms with Crippen molar-refractivity contribution < 1.29 is 19.1 Å². The fraction of sp³-hybridized carbons (Fsp3) is 0.455. The predicted molar refractivity (Wildman–Crippen MR) is 112 cm³/mol. The highest BCUT2D eigenvalue weighted by Gasteiger charge is 2.30. The summed E-state index contributed by atoms with van der Waals surface area (Å²) in [5.41, 5.74) is 2.11. The lowest BCUT2D eigenvalue weighted by Crippen LogP contribution is -2.17. The van der Waals surface area contributed by atoms with Crippen LogP contribution >= 0.6 is 11.3 Å². The minimum atomic E-state index is -0.350. The van der Waals surface area contributed by atoms with Crippen LogP contribution in [0.3, 0.4) is 0 Å². The fourth-order valence-corrected chi connectivity index (χ4v) is 4.90. The molecule has 1 aliphatic rings. The molecule has 0 radical (unpaired) electrons. The number of nitrogens with one attached hydrogen (secondary N) is 1. The van der Waals surface area contributed by atoms with Gasteiger partial charge in [0.05, 0.1) is 18.8 Å². The van der Waals surface area contributed by atoms with E-state index in [4.69, 9.17) is 9.47 Å². The van der Waals surface area contributed by atoms with E-state index in [-0.39, 0.29) is 11.9 Å². The summed E-state index contributed by atoms with van der Waals surface area (Å²) in [4.78, 5) is 26.6. The Morgan fingerprint density at radius 2 is 1.89 bits per heavy atom. The van der Waals surface area contributed by atoms with Crippen LogP contribution in [-0.4, -0.2) is 25.1 Å². The molecule has 3 rings (SSSR count). The Bertz CT molecular complexity index is 841. The fourth-order valence-electron chi connectivity index (χ4n) is 3.55. The molecule has 0 saturated carbocycles. The zero-order valence-electron chi connectivity index (χ0n) is 16.7. The van der Waals surface area contributed by atoms with E-state index in [1.54, 1.807) is 31.2 Å². The summed E-state index contributed by atoms with van der Waals surface area (Å²) in [6.45, 7) is 6.80. The number of amides is 1. The number of benzene rings is 1. The Morgan fingerprint density at radius 1 is 1.14 bits per heavy atom. The van der Waals surface area contributed by atoms with E-state index in [9.17, 15) is 9.59 Å². The minimum absolute atomic E-state index is 0.237. The van der Waals surface area contributed by atoms with Crippen molar-refractivity contribution in [2.75, 3.05) is 18.5 Å². The van der Waals surface area contributed by atoms with Crippen molar-refractivity contribution in [2.24, 2.45) is 5.92 Å². The van der Waals surface area contributed by atoms with Crippen molar-refractivity contribution in [2.45, 2.75) is 46.5 Å².